The number of hydrogen-bond donors (Lipinski definition) is 0. The first-order valence-corrected chi connectivity index (χ1v) is 7.89. The topological polar surface area (TPSA) is 40.6 Å². The number of ether oxygens (including phenoxy) is 3. The Morgan fingerprint density at radius 3 is 2.58 bits per heavy atom. The van der Waals surface area contributed by atoms with Gasteiger partial charge < -0.3 is 14.2 Å². The number of pyridine rings is 1. The lowest BCUT2D eigenvalue weighted by atomic mass is 10.0. The van der Waals surface area contributed by atoms with Gasteiger partial charge in [-0.2, -0.15) is 0 Å². The summed E-state index contributed by atoms with van der Waals surface area (Å²) in [6.45, 7) is 3.20. The van der Waals surface area contributed by atoms with Crippen LogP contribution in [-0.2, 0) is 4.74 Å². The van der Waals surface area contributed by atoms with E-state index in [1.807, 2.05) is 42.5 Å². The molecule has 0 bridgehead atoms. The molecule has 4 heteroatoms. The van der Waals surface area contributed by atoms with E-state index in [0.717, 1.165) is 39.2 Å². The number of aryl methyl sites for hydroxylation is 1. The van der Waals surface area contributed by atoms with Gasteiger partial charge in [-0.05, 0) is 48.9 Å². The summed E-state index contributed by atoms with van der Waals surface area (Å²) in [4.78, 5) is 4.78. The molecule has 2 aromatic carbocycles. The Balaban J connectivity index is 1.96. The molecule has 3 aromatic rings. The third kappa shape index (κ3) is 3.49. The monoisotopic (exact) mass is 323 g/mol. The van der Waals surface area contributed by atoms with Gasteiger partial charge in [0.05, 0.1) is 24.9 Å². The van der Waals surface area contributed by atoms with Crippen LogP contribution in [0.2, 0.25) is 0 Å². The maximum atomic E-state index is 5.69. The molecule has 0 saturated carbocycles. The predicted octanol–water partition coefficient (Wildman–Crippen LogP) is 4.24. The Labute approximate surface area is 142 Å². The normalized spacial score (nSPS) is 10.8. The van der Waals surface area contributed by atoms with Crippen molar-refractivity contribution in [2.45, 2.75) is 6.92 Å². The first kappa shape index (κ1) is 16.3. The van der Waals surface area contributed by atoms with Crippen LogP contribution in [0.1, 0.15) is 5.56 Å². The van der Waals surface area contributed by atoms with Crippen LogP contribution in [0, 0.1) is 6.92 Å². The second-order valence-corrected chi connectivity index (χ2v) is 5.58. The molecule has 24 heavy (non-hydrogen) atoms. The average Bonchev–Trinajstić information content (AvgIpc) is 2.62. The highest BCUT2D eigenvalue weighted by Crippen LogP contribution is 2.28. The maximum absolute atomic E-state index is 5.69. The molecule has 0 atom stereocenters. The van der Waals surface area contributed by atoms with Crippen molar-refractivity contribution in [3.8, 4) is 22.8 Å². The van der Waals surface area contributed by atoms with Crippen molar-refractivity contribution in [2.24, 2.45) is 0 Å². The van der Waals surface area contributed by atoms with Gasteiger partial charge in [0.1, 0.15) is 18.1 Å². The summed E-state index contributed by atoms with van der Waals surface area (Å²) in [5.41, 5.74) is 4.09. The van der Waals surface area contributed by atoms with Crippen molar-refractivity contribution in [2.75, 3.05) is 27.4 Å². The van der Waals surface area contributed by atoms with Gasteiger partial charge in [-0.15, -0.1) is 0 Å². The van der Waals surface area contributed by atoms with Crippen LogP contribution in [0.15, 0.2) is 48.5 Å². The van der Waals surface area contributed by atoms with Gasteiger partial charge in [-0.25, -0.2) is 4.98 Å². The minimum absolute atomic E-state index is 0.538. The quantitative estimate of drug-likeness (QED) is 0.636. The molecule has 0 aliphatic carbocycles. The molecule has 124 valence electrons. The van der Waals surface area contributed by atoms with Gasteiger partial charge in [0, 0.05) is 18.1 Å². The highest BCUT2D eigenvalue weighted by atomic mass is 16.5. The number of benzene rings is 2. The third-order valence-electron chi connectivity index (χ3n) is 3.91. The van der Waals surface area contributed by atoms with E-state index in [2.05, 4.69) is 13.0 Å². The number of hydrogen-bond acceptors (Lipinski definition) is 4. The Kier molecular flexibility index (Phi) is 4.96. The lowest BCUT2D eigenvalue weighted by molar-refractivity contribution is 0.146. The van der Waals surface area contributed by atoms with Gasteiger partial charge in [-0.3, -0.25) is 0 Å². The van der Waals surface area contributed by atoms with E-state index in [0.29, 0.717) is 13.2 Å². The fraction of sp³-hybridized carbons (Fsp3) is 0.250. The van der Waals surface area contributed by atoms with Crippen LogP contribution in [0.4, 0.5) is 0 Å². The summed E-state index contributed by atoms with van der Waals surface area (Å²) >= 11 is 0. The number of nitrogens with zero attached hydrogens (tertiary/aromatic N) is 1. The second-order valence-electron chi connectivity index (χ2n) is 5.58. The van der Waals surface area contributed by atoms with Crippen molar-refractivity contribution in [1.82, 2.24) is 4.98 Å². The average molecular weight is 323 g/mol. The fourth-order valence-corrected chi connectivity index (χ4v) is 2.64. The molecule has 0 aliphatic rings. The maximum Gasteiger partial charge on any atom is 0.120 e. The molecule has 0 aliphatic heterocycles. The number of methoxy groups -OCH3 is 2. The zero-order valence-electron chi connectivity index (χ0n) is 14.2. The van der Waals surface area contributed by atoms with Crippen molar-refractivity contribution >= 4 is 10.9 Å². The minimum Gasteiger partial charge on any atom is -0.497 e. The molecule has 0 saturated heterocycles. The number of aromatic nitrogens is 1. The highest BCUT2D eigenvalue weighted by molar-refractivity contribution is 5.86. The summed E-state index contributed by atoms with van der Waals surface area (Å²) in [6.07, 6.45) is 0. The number of fused-ring (bicyclic) bond motifs is 1. The minimum atomic E-state index is 0.538. The molecule has 0 N–H and O–H groups in total. The third-order valence-corrected chi connectivity index (χ3v) is 3.91. The SMILES string of the molecule is COCCOc1ccc2nc(-c3cccc(OC)c3)cc(C)c2c1. The first-order chi connectivity index (χ1) is 11.7. The lowest BCUT2D eigenvalue weighted by Crippen LogP contribution is -2.04. The van der Waals surface area contributed by atoms with Crippen LogP contribution in [0.5, 0.6) is 11.5 Å². The molecular weight excluding hydrogens is 302 g/mol. The molecule has 4 nitrogen and oxygen atoms in total. The molecule has 3 rings (SSSR count). The molecule has 0 spiro atoms. The van der Waals surface area contributed by atoms with Crippen LogP contribution >= 0.6 is 0 Å². The fourth-order valence-electron chi connectivity index (χ4n) is 2.64. The molecule has 1 aromatic heterocycles. The predicted molar refractivity (Wildman–Crippen MR) is 95.8 cm³/mol. The smallest absolute Gasteiger partial charge is 0.120 e. The Morgan fingerprint density at radius 1 is 0.917 bits per heavy atom. The van der Waals surface area contributed by atoms with E-state index < -0.39 is 0 Å². The Hall–Kier alpha value is -2.59. The van der Waals surface area contributed by atoms with E-state index in [-0.39, 0.29) is 0 Å². The highest BCUT2D eigenvalue weighted by Gasteiger charge is 2.07. The van der Waals surface area contributed by atoms with Crippen molar-refractivity contribution < 1.29 is 14.2 Å². The van der Waals surface area contributed by atoms with E-state index in [1.54, 1.807) is 14.2 Å². The molecular formula is C20H21NO3. The zero-order chi connectivity index (χ0) is 16.9. The summed E-state index contributed by atoms with van der Waals surface area (Å²) in [5.74, 6) is 1.66. The molecule has 1 heterocycles. The molecule has 0 unspecified atom stereocenters. The Morgan fingerprint density at radius 2 is 1.79 bits per heavy atom. The van der Waals surface area contributed by atoms with Gasteiger partial charge in [0.25, 0.3) is 0 Å². The summed E-state index contributed by atoms with van der Waals surface area (Å²) in [7, 11) is 3.33. The van der Waals surface area contributed by atoms with Crippen molar-refractivity contribution in [3.05, 3.63) is 54.1 Å². The molecule has 0 fully saturated rings. The van der Waals surface area contributed by atoms with E-state index in [9.17, 15) is 0 Å². The van der Waals surface area contributed by atoms with Crippen LogP contribution < -0.4 is 9.47 Å². The summed E-state index contributed by atoms with van der Waals surface area (Å²) in [6, 6.07) is 16.0. The van der Waals surface area contributed by atoms with E-state index >= 15 is 0 Å². The van der Waals surface area contributed by atoms with Crippen molar-refractivity contribution in [1.29, 1.82) is 0 Å². The first-order valence-electron chi connectivity index (χ1n) is 7.89. The van der Waals surface area contributed by atoms with Gasteiger partial charge in [0.2, 0.25) is 0 Å². The van der Waals surface area contributed by atoms with Gasteiger partial charge in [-0.1, -0.05) is 12.1 Å². The lowest BCUT2D eigenvalue weighted by Gasteiger charge is -2.10. The van der Waals surface area contributed by atoms with Crippen LogP contribution in [0.3, 0.4) is 0 Å². The van der Waals surface area contributed by atoms with Gasteiger partial charge >= 0.3 is 0 Å². The van der Waals surface area contributed by atoms with Crippen LogP contribution in [-0.4, -0.2) is 32.4 Å². The van der Waals surface area contributed by atoms with E-state index in [4.69, 9.17) is 19.2 Å². The van der Waals surface area contributed by atoms with Gasteiger partial charge in [0.15, 0.2) is 0 Å². The Bertz CT molecular complexity index is 845. The second kappa shape index (κ2) is 7.32. The van der Waals surface area contributed by atoms with Crippen LogP contribution in [0.25, 0.3) is 22.2 Å². The molecule has 0 amide bonds. The summed E-state index contributed by atoms with van der Waals surface area (Å²) in [5, 5.41) is 1.09. The summed E-state index contributed by atoms with van der Waals surface area (Å²) < 4.78 is 16.0. The van der Waals surface area contributed by atoms with E-state index in [1.165, 1.54) is 0 Å². The number of rotatable bonds is 6. The zero-order valence-corrected chi connectivity index (χ0v) is 14.2. The largest absolute Gasteiger partial charge is 0.497 e. The molecule has 0 radical (unpaired) electrons. The van der Waals surface area contributed by atoms with Crippen molar-refractivity contribution in [3.63, 3.8) is 0 Å². The standard InChI is InChI=1S/C20H21NO3/c1-14-11-20(15-5-4-6-16(12-15)23-3)21-19-8-7-17(13-18(14)19)24-10-9-22-2/h4-8,11-13H,9-10H2,1-3H3.